The molecule has 30 heavy (non-hydrogen) atoms. The van der Waals surface area contributed by atoms with Crippen LogP contribution in [0.25, 0.3) is 20.7 Å². The van der Waals surface area contributed by atoms with Crippen LogP contribution in [0, 0.1) is 5.82 Å². The average molecular weight is 425 g/mol. The second kappa shape index (κ2) is 9.17. The molecule has 3 aromatic heterocycles. The van der Waals surface area contributed by atoms with Crippen LogP contribution in [0.5, 0.6) is 11.5 Å². The van der Waals surface area contributed by atoms with Gasteiger partial charge < -0.3 is 20.5 Å². The number of nitrogens with two attached hydrogens (primary N) is 1. The Kier molecular flexibility index (Phi) is 6.18. The standard InChI is InChI=1S/C22H21FN4O2S/c1-28-9-8-25-13-16-4-2-14(12-27-16)21-11-18-22(30-21)20(6-7-26-18)29-19-5-3-15(24)10-17(19)23/h2-7,10-12,25H,8-9,13,24H2,1H3. The highest BCUT2D eigenvalue weighted by Gasteiger charge is 2.13. The largest absolute Gasteiger partial charge is 0.453 e. The number of benzene rings is 1. The van der Waals surface area contributed by atoms with Gasteiger partial charge in [-0.3, -0.25) is 9.97 Å². The number of thiophene rings is 1. The molecule has 1 aromatic carbocycles. The number of nitrogens with one attached hydrogen (secondary N) is 1. The molecule has 3 N–H and O–H groups in total. The Bertz CT molecular complexity index is 1150. The van der Waals surface area contributed by atoms with E-state index in [0.29, 0.717) is 24.6 Å². The molecule has 4 aromatic rings. The van der Waals surface area contributed by atoms with Crippen molar-refractivity contribution in [2.24, 2.45) is 0 Å². The van der Waals surface area contributed by atoms with Crippen LogP contribution in [0.4, 0.5) is 10.1 Å². The van der Waals surface area contributed by atoms with Crippen molar-refractivity contribution in [1.29, 1.82) is 0 Å². The maximum Gasteiger partial charge on any atom is 0.167 e. The summed E-state index contributed by atoms with van der Waals surface area (Å²) in [6.45, 7) is 2.12. The first-order valence-corrected chi connectivity index (χ1v) is 10.2. The predicted octanol–water partition coefficient (Wildman–Crippen LogP) is 4.61. The van der Waals surface area contributed by atoms with E-state index < -0.39 is 5.82 Å². The normalized spacial score (nSPS) is 11.1. The number of rotatable bonds is 8. The third kappa shape index (κ3) is 4.56. The summed E-state index contributed by atoms with van der Waals surface area (Å²) in [5.41, 5.74) is 8.69. The smallest absolute Gasteiger partial charge is 0.167 e. The van der Waals surface area contributed by atoms with E-state index in [2.05, 4.69) is 15.3 Å². The number of ether oxygens (including phenoxy) is 2. The lowest BCUT2D eigenvalue weighted by Crippen LogP contribution is -2.19. The minimum Gasteiger partial charge on any atom is -0.453 e. The molecule has 0 unspecified atom stereocenters. The lowest BCUT2D eigenvalue weighted by molar-refractivity contribution is 0.199. The Hall–Kier alpha value is -3.07. The first-order valence-electron chi connectivity index (χ1n) is 9.40. The number of anilines is 1. The number of aromatic nitrogens is 2. The van der Waals surface area contributed by atoms with Crippen LogP contribution in [-0.4, -0.2) is 30.2 Å². The molecule has 6 nitrogen and oxygen atoms in total. The first-order chi connectivity index (χ1) is 14.6. The molecular weight excluding hydrogens is 403 g/mol. The number of halogens is 1. The molecule has 154 valence electrons. The maximum absolute atomic E-state index is 14.1. The molecule has 0 bridgehead atoms. The molecule has 0 radical (unpaired) electrons. The highest BCUT2D eigenvalue weighted by atomic mass is 32.1. The third-order valence-corrected chi connectivity index (χ3v) is 5.64. The first kappa shape index (κ1) is 20.2. The van der Waals surface area contributed by atoms with Gasteiger partial charge in [-0.05, 0) is 24.3 Å². The Balaban J connectivity index is 1.56. The van der Waals surface area contributed by atoms with Crippen molar-refractivity contribution in [3.63, 3.8) is 0 Å². The second-order valence-corrected chi connectivity index (χ2v) is 7.69. The van der Waals surface area contributed by atoms with Crippen LogP contribution < -0.4 is 15.8 Å². The zero-order valence-electron chi connectivity index (χ0n) is 16.4. The van der Waals surface area contributed by atoms with E-state index in [-0.39, 0.29) is 5.75 Å². The topological polar surface area (TPSA) is 82.3 Å². The van der Waals surface area contributed by atoms with Gasteiger partial charge in [-0.1, -0.05) is 6.07 Å². The number of hydrogen-bond acceptors (Lipinski definition) is 7. The molecular formula is C22H21FN4O2S. The van der Waals surface area contributed by atoms with Crippen LogP contribution in [0.1, 0.15) is 5.69 Å². The van der Waals surface area contributed by atoms with E-state index in [4.69, 9.17) is 15.2 Å². The maximum atomic E-state index is 14.1. The van der Waals surface area contributed by atoms with Crippen molar-refractivity contribution in [3.05, 3.63) is 66.4 Å². The van der Waals surface area contributed by atoms with E-state index in [1.54, 1.807) is 25.4 Å². The van der Waals surface area contributed by atoms with Gasteiger partial charge in [0.25, 0.3) is 0 Å². The van der Waals surface area contributed by atoms with E-state index >= 15 is 0 Å². The molecule has 0 aliphatic carbocycles. The molecule has 0 aliphatic rings. The molecule has 0 aliphatic heterocycles. The molecule has 0 amide bonds. The summed E-state index contributed by atoms with van der Waals surface area (Å²) < 4.78 is 25.8. The third-order valence-electron chi connectivity index (χ3n) is 4.45. The molecule has 4 rings (SSSR count). The van der Waals surface area contributed by atoms with Gasteiger partial charge in [0.1, 0.15) is 5.75 Å². The van der Waals surface area contributed by atoms with Gasteiger partial charge in [0.2, 0.25) is 0 Å². The van der Waals surface area contributed by atoms with Gasteiger partial charge in [0, 0.05) is 60.9 Å². The minimum atomic E-state index is -0.504. The van der Waals surface area contributed by atoms with Gasteiger partial charge in [0.05, 0.1) is 22.5 Å². The molecule has 0 saturated carbocycles. The Morgan fingerprint density at radius 3 is 2.77 bits per heavy atom. The summed E-state index contributed by atoms with van der Waals surface area (Å²) in [7, 11) is 1.68. The van der Waals surface area contributed by atoms with E-state index in [1.807, 2.05) is 24.4 Å². The lowest BCUT2D eigenvalue weighted by Gasteiger charge is -2.07. The highest BCUT2D eigenvalue weighted by Crippen LogP contribution is 2.39. The number of nitrogen functional groups attached to an aromatic ring is 1. The van der Waals surface area contributed by atoms with Gasteiger partial charge >= 0.3 is 0 Å². The van der Waals surface area contributed by atoms with Crippen LogP contribution in [-0.2, 0) is 11.3 Å². The Morgan fingerprint density at radius 1 is 1.10 bits per heavy atom. The number of methoxy groups -OCH3 is 1. The summed E-state index contributed by atoms with van der Waals surface area (Å²) in [5, 5.41) is 3.27. The van der Waals surface area contributed by atoms with Crippen LogP contribution in [0.2, 0.25) is 0 Å². The van der Waals surface area contributed by atoms with Crippen molar-refractivity contribution in [2.45, 2.75) is 6.54 Å². The van der Waals surface area contributed by atoms with E-state index in [0.717, 1.165) is 32.9 Å². The van der Waals surface area contributed by atoms with Crippen molar-refractivity contribution in [2.75, 3.05) is 26.0 Å². The summed E-state index contributed by atoms with van der Waals surface area (Å²) in [6, 6.07) is 12.1. The second-order valence-electron chi connectivity index (χ2n) is 6.63. The minimum absolute atomic E-state index is 0.124. The average Bonchev–Trinajstić information content (AvgIpc) is 3.19. The van der Waals surface area contributed by atoms with E-state index in [1.165, 1.54) is 23.5 Å². The number of hydrogen-bond donors (Lipinski definition) is 2. The number of nitrogens with zero attached hydrogens (tertiary/aromatic N) is 2. The van der Waals surface area contributed by atoms with E-state index in [9.17, 15) is 4.39 Å². The van der Waals surface area contributed by atoms with Gasteiger partial charge in [-0.2, -0.15) is 0 Å². The molecule has 0 atom stereocenters. The van der Waals surface area contributed by atoms with Crippen molar-refractivity contribution >= 4 is 27.2 Å². The van der Waals surface area contributed by atoms with Crippen molar-refractivity contribution < 1.29 is 13.9 Å². The van der Waals surface area contributed by atoms with Crippen LogP contribution in [0.15, 0.2) is 54.9 Å². The highest BCUT2D eigenvalue weighted by molar-refractivity contribution is 7.22. The molecule has 8 heteroatoms. The van der Waals surface area contributed by atoms with Crippen LogP contribution in [0.3, 0.4) is 0 Å². The number of pyridine rings is 2. The zero-order valence-corrected chi connectivity index (χ0v) is 17.2. The van der Waals surface area contributed by atoms with Crippen molar-refractivity contribution in [1.82, 2.24) is 15.3 Å². The quantitative estimate of drug-likeness (QED) is 0.318. The van der Waals surface area contributed by atoms with Gasteiger partial charge in [-0.15, -0.1) is 11.3 Å². The predicted molar refractivity (Wildman–Crippen MR) is 117 cm³/mol. The fourth-order valence-corrected chi connectivity index (χ4v) is 3.98. The van der Waals surface area contributed by atoms with Gasteiger partial charge in [-0.25, -0.2) is 4.39 Å². The fraction of sp³-hybridized carbons (Fsp3) is 0.182. The molecule has 0 spiro atoms. The summed E-state index contributed by atoms with van der Waals surface area (Å²) in [6.07, 6.45) is 3.49. The Morgan fingerprint density at radius 2 is 2.00 bits per heavy atom. The van der Waals surface area contributed by atoms with Crippen LogP contribution >= 0.6 is 11.3 Å². The monoisotopic (exact) mass is 424 g/mol. The molecule has 0 fully saturated rings. The summed E-state index contributed by atoms with van der Waals surface area (Å²) in [5.74, 6) is 0.168. The van der Waals surface area contributed by atoms with Crippen molar-refractivity contribution in [3.8, 4) is 21.9 Å². The molecule has 0 saturated heterocycles. The summed E-state index contributed by atoms with van der Waals surface area (Å²) >= 11 is 1.53. The Labute approximate surface area is 177 Å². The zero-order chi connectivity index (χ0) is 20.9. The number of fused-ring (bicyclic) bond motifs is 1. The fourth-order valence-electron chi connectivity index (χ4n) is 2.92. The lowest BCUT2D eigenvalue weighted by atomic mass is 10.2. The SMILES string of the molecule is COCCNCc1ccc(-c2cc3nccc(Oc4ccc(N)cc4F)c3s2)cn1. The summed E-state index contributed by atoms with van der Waals surface area (Å²) in [4.78, 5) is 9.95. The molecule has 3 heterocycles. The van der Waals surface area contributed by atoms with Gasteiger partial charge in [0.15, 0.2) is 11.6 Å².